The molecule has 0 radical (unpaired) electrons. The number of benzene rings is 1. The summed E-state index contributed by atoms with van der Waals surface area (Å²) in [6.07, 6.45) is 3.40. The predicted octanol–water partition coefficient (Wildman–Crippen LogP) is 2.96. The number of nitrogens with one attached hydrogen (secondary N) is 1. The highest BCUT2D eigenvalue weighted by atomic mass is 19.1. The number of amides is 1. The highest BCUT2D eigenvalue weighted by molar-refractivity contribution is 5.90. The van der Waals surface area contributed by atoms with Crippen molar-refractivity contribution in [2.24, 2.45) is 0 Å². The molecule has 0 bridgehead atoms. The van der Waals surface area contributed by atoms with Crippen LogP contribution in [-0.4, -0.2) is 39.2 Å². The van der Waals surface area contributed by atoms with Gasteiger partial charge >= 0.3 is 0 Å². The fourth-order valence-corrected chi connectivity index (χ4v) is 2.73. The first-order chi connectivity index (χ1) is 14.1. The van der Waals surface area contributed by atoms with Crippen LogP contribution in [0.2, 0.25) is 0 Å². The summed E-state index contributed by atoms with van der Waals surface area (Å²) in [6.45, 7) is -0.366. The van der Waals surface area contributed by atoms with E-state index >= 15 is 0 Å². The van der Waals surface area contributed by atoms with E-state index < -0.39 is 11.7 Å². The van der Waals surface area contributed by atoms with E-state index in [1.807, 2.05) is 18.2 Å². The van der Waals surface area contributed by atoms with Crippen LogP contribution in [0.15, 0.2) is 60.9 Å². The monoisotopic (exact) mass is 393 g/mol. The molecule has 0 unspecified atom stereocenters. The van der Waals surface area contributed by atoms with Crippen LogP contribution in [0.25, 0.3) is 16.8 Å². The molecular weight excluding hydrogens is 377 g/mol. The molecule has 0 fully saturated rings. The molecule has 0 aliphatic carbocycles. The van der Waals surface area contributed by atoms with Gasteiger partial charge in [-0.25, -0.2) is 13.9 Å². The van der Waals surface area contributed by atoms with Gasteiger partial charge in [-0.15, -0.1) is 5.10 Å². The number of carbonyl (C=O) groups is 1. The highest BCUT2D eigenvalue weighted by Gasteiger charge is 2.12. The molecular formula is C20H16FN5O3. The van der Waals surface area contributed by atoms with Crippen molar-refractivity contribution in [1.29, 1.82) is 0 Å². The van der Waals surface area contributed by atoms with E-state index in [0.29, 0.717) is 11.5 Å². The van der Waals surface area contributed by atoms with Crippen LogP contribution in [0.4, 0.5) is 10.3 Å². The summed E-state index contributed by atoms with van der Waals surface area (Å²) in [6, 6.07) is 13.2. The quantitative estimate of drug-likeness (QED) is 0.542. The third-order valence-corrected chi connectivity index (χ3v) is 4.05. The van der Waals surface area contributed by atoms with Crippen LogP contribution in [0, 0.1) is 5.82 Å². The van der Waals surface area contributed by atoms with Crippen LogP contribution >= 0.6 is 0 Å². The van der Waals surface area contributed by atoms with Gasteiger partial charge in [-0.2, -0.15) is 4.98 Å². The Morgan fingerprint density at radius 3 is 2.86 bits per heavy atom. The molecule has 9 heteroatoms. The van der Waals surface area contributed by atoms with E-state index in [2.05, 4.69) is 20.4 Å². The Morgan fingerprint density at radius 1 is 1.17 bits per heavy atom. The van der Waals surface area contributed by atoms with Crippen molar-refractivity contribution in [3.63, 3.8) is 0 Å². The van der Waals surface area contributed by atoms with Crippen LogP contribution in [-0.2, 0) is 4.79 Å². The molecule has 0 saturated heterocycles. The normalized spacial score (nSPS) is 10.7. The van der Waals surface area contributed by atoms with Gasteiger partial charge in [-0.1, -0.05) is 12.1 Å². The minimum Gasteiger partial charge on any atom is -0.481 e. The maximum absolute atomic E-state index is 13.5. The Morgan fingerprint density at radius 2 is 2.03 bits per heavy atom. The van der Waals surface area contributed by atoms with Gasteiger partial charge in [0.25, 0.3) is 5.91 Å². The average molecular weight is 393 g/mol. The fraction of sp³-hybridized carbons (Fsp3) is 0.100. The maximum Gasteiger partial charge on any atom is 0.264 e. The molecule has 0 aliphatic heterocycles. The smallest absolute Gasteiger partial charge is 0.264 e. The molecule has 146 valence electrons. The third kappa shape index (κ3) is 3.98. The second-order valence-corrected chi connectivity index (χ2v) is 5.98. The van der Waals surface area contributed by atoms with Gasteiger partial charge in [-0.3, -0.25) is 10.1 Å². The number of aromatic nitrogens is 4. The van der Waals surface area contributed by atoms with E-state index in [4.69, 9.17) is 9.47 Å². The van der Waals surface area contributed by atoms with Crippen LogP contribution in [0.5, 0.6) is 11.6 Å². The molecule has 29 heavy (non-hydrogen) atoms. The lowest BCUT2D eigenvalue weighted by molar-refractivity contribution is -0.118. The van der Waals surface area contributed by atoms with E-state index in [9.17, 15) is 9.18 Å². The number of fused-ring (bicyclic) bond motifs is 1. The summed E-state index contributed by atoms with van der Waals surface area (Å²) >= 11 is 0. The van der Waals surface area contributed by atoms with E-state index in [1.165, 1.54) is 22.7 Å². The SMILES string of the molecule is COc1ncccc1-c1ccc2nc(NC(=O)COc3ccccc3F)nn2c1. The summed E-state index contributed by atoms with van der Waals surface area (Å²) in [7, 11) is 1.55. The summed E-state index contributed by atoms with van der Waals surface area (Å²) < 4.78 is 25.5. The zero-order valence-corrected chi connectivity index (χ0v) is 15.4. The lowest BCUT2D eigenvalue weighted by atomic mass is 10.1. The van der Waals surface area contributed by atoms with E-state index in [-0.39, 0.29) is 18.3 Å². The Balaban J connectivity index is 1.49. The van der Waals surface area contributed by atoms with Crippen LogP contribution in [0.3, 0.4) is 0 Å². The maximum atomic E-state index is 13.5. The van der Waals surface area contributed by atoms with Gasteiger partial charge in [0.2, 0.25) is 11.8 Å². The Labute approximate surface area is 164 Å². The minimum atomic E-state index is -0.537. The Kier molecular flexibility index (Phi) is 5.02. The van der Waals surface area contributed by atoms with Gasteiger partial charge in [0.15, 0.2) is 23.8 Å². The first kappa shape index (κ1) is 18.4. The first-order valence-corrected chi connectivity index (χ1v) is 8.67. The highest BCUT2D eigenvalue weighted by Crippen LogP contribution is 2.27. The van der Waals surface area contributed by atoms with Crippen molar-refractivity contribution < 1.29 is 18.7 Å². The van der Waals surface area contributed by atoms with E-state index in [0.717, 1.165) is 11.1 Å². The number of carbonyl (C=O) groups excluding carboxylic acids is 1. The van der Waals surface area contributed by atoms with Crippen LogP contribution < -0.4 is 14.8 Å². The molecule has 1 amide bonds. The second kappa shape index (κ2) is 7.93. The van der Waals surface area contributed by atoms with Crippen molar-refractivity contribution in [3.8, 4) is 22.8 Å². The minimum absolute atomic E-state index is 0.000621. The molecule has 0 atom stereocenters. The summed E-state index contributed by atoms with van der Waals surface area (Å²) in [4.78, 5) is 20.5. The predicted molar refractivity (Wildman–Crippen MR) is 103 cm³/mol. The van der Waals surface area contributed by atoms with Gasteiger partial charge < -0.3 is 9.47 Å². The van der Waals surface area contributed by atoms with Crippen molar-refractivity contribution in [2.75, 3.05) is 19.0 Å². The molecule has 0 aliphatic rings. The standard InChI is InChI=1S/C20H16FN5O3/c1-28-19-14(5-4-10-22-19)13-8-9-17-23-20(25-26(17)11-13)24-18(27)12-29-16-7-3-2-6-15(16)21/h2-11H,12H2,1H3,(H,24,25,27). The molecule has 1 N–H and O–H groups in total. The first-order valence-electron chi connectivity index (χ1n) is 8.67. The van der Waals surface area contributed by atoms with Crippen molar-refractivity contribution in [1.82, 2.24) is 19.6 Å². The molecule has 1 aromatic carbocycles. The molecule has 0 spiro atoms. The van der Waals surface area contributed by atoms with Gasteiger partial charge in [0, 0.05) is 23.5 Å². The lowest BCUT2D eigenvalue weighted by Gasteiger charge is -2.06. The second-order valence-electron chi connectivity index (χ2n) is 5.98. The zero-order valence-electron chi connectivity index (χ0n) is 15.4. The number of hydrogen-bond acceptors (Lipinski definition) is 6. The molecule has 4 aromatic rings. The molecule has 0 saturated carbocycles. The number of ether oxygens (including phenoxy) is 2. The number of anilines is 1. The lowest BCUT2D eigenvalue weighted by Crippen LogP contribution is -2.21. The zero-order chi connectivity index (χ0) is 20.2. The van der Waals surface area contributed by atoms with Crippen molar-refractivity contribution in [2.45, 2.75) is 0 Å². The van der Waals surface area contributed by atoms with Gasteiger partial charge in [-0.05, 0) is 36.4 Å². The number of para-hydroxylation sites is 1. The molecule has 3 aromatic heterocycles. The van der Waals surface area contributed by atoms with E-state index in [1.54, 1.807) is 31.6 Å². The van der Waals surface area contributed by atoms with Crippen molar-refractivity contribution in [3.05, 3.63) is 66.7 Å². The van der Waals surface area contributed by atoms with Crippen molar-refractivity contribution >= 4 is 17.5 Å². The number of methoxy groups -OCH3 is 1. The van der Waals surface area contributed by atoms with Gasteiger partial charge in [0.1, 0.15) is 0 Å². The molecule has 8 nitrogen and oxygen atoms in total. The van der Waals surface area contributed by atoms with Crippen LogP contribution in [0.1, 0.15) is 0 Å². The topological polar surface area (TPSA) is 90.6 Å². The third-order valence-electron chi connectivity index (χ3n) is 4.05. The summed E-state index contributed by atoms with van der Waals surface area (Å²) in [5.74, 6) is -0.434. The molecule has 4 rings (SSSR count). The number of halogens is 1. The number of pyridine rings is 2. The Hall–Kier alpha value is -4.01. The average Bonchev–Trinajstić information content (AvgIpc) is 3.14. The number of hydrogen-bond donors (Lipinski definition) is 1. The fourth-order valence-electron chi connectivity index (χ4n) is 2.73. The summed E-state index contributed by atoms with van der Waals surface area (Å²) in [5, 5.41) is 6.79. The number of nitrogens with zero attached hydrogens (tertiary/aromatic N) is 4. The largest absolute Gasteiger partial charge is 0.481 e. The Bertz CT molecular complexity index is 1180. The van der Waals surface area contributed by atoms with Gasteiger partial charge in [0.05, 0.1) is 7.11 Å². The number of rotatable bonds is 6. The molecule has 3 heterocycles. The summed E-state index contributed by atoms with van der Waals surface area (Å²) in [5.41, 5.74) is 2.17.